The first kappa shape index (κ1) is 21.9. The van der Waals surface area contributed by atoms with Crippen LogP contribution < -0.4 is 16.2 Å². The second-order valence-electron chi connectivity index (χ2n) is 6.99. The largest absolute Gasteiger partial charge is 0.337 e. The van der Waals surface area contributed by atoms with Crippen LogP contribution in [0.2, 0.25) is 5.02 Å². The molecule has 0 atom stereocenters. The molecule has 0 saturated carbocycles. The molecule has 164 valence electrons. The van der Waals surface area contributed by atoms with E-state index >= 15 is 0 Å². The van der Waals surface area contributed by atoms with Gasteiger partial charge in [0.05, 0.1) is 11.4 Å². The molecule has 0 aliphatic carbocycles. The van der Waals surface area contributed by atoms with Crippen LogP contribution in [-0.4, -0.2) is 21.7 Å². The summed E-state index contributed by atoms with van der Waals surface area (Å²) in [5.41, 5.74) is 8.50. The lowest BCUT2D eigenvalue weighted by Gasteiger charge is -2.07. The van der Waals surface area contributed by atoms with Crippen LogP contribution in [0.5, 0.6) is 0 Å². The number of carbonyl (C=O) groups is 2. The number of urea groups is 1. The lowest BCUT2D eigenvalue weighted by molar-refractivity contribution is -0.117. The monoisotopic (exact) mass is 457 g/mol. The summed E-state index contributed by atoms with van der Waals surface area (Å²) in [4.78, 5) is 24.2. The molecule has 7 nitrogen and oxygen atoms in total. The van der Waals surface area contributed by atoms with Crippen LogP contribution in [0.3, 0.4) is 0 Å². The molecule has 0 spiro atoms. The number of nitrogens with zero attached hydrogens (tertiary/aromatic N) is 2. The van der Waals surface area contributed by atoms with Crippen molar-refractivity contribution in [1.82, 2.24) is 20.6 Å². The molecule has 0 fully saturated rings. The van der Waals surface area contributed by atoms with Crippen molar-refractivity contribution in [1.29, 1.82) is 0 Å². The molecule has 4 rings (SSSR count). The maximum absolute atomic E-state index is 12.3. The van der Waals surface area contributed by atoms with Gasteiger partial charge < -0.3 is 5.32 Å². The van der Waals surface area contributed by atoms with Gasteiger partial charge in [0, 0.05) is 34.1 Å². The third kappa shape index (κ3) is 5.87. The molecular formula is C25H20ClN5O2. The minimum atomic E-state index is -0.582. The van der Waals surface area contributed by atoms with Gasteiger partial charge in [-0.2, -0.15) is 5.10 Å². The topological polar surface area (TPSA) is 88.1 Å². The van der Waals surface area contributed by atoms with E-state index in [2.05, 4.69) is 16.2 Å². The van der Waals surface area contributed by atoms with Crippen LogP contribution in [0.15, 0.2) is 97.2 Å². The Bertz CT molecular complexity index is 1270. The Kier molecular flexibility index (Phi) is 6.82. The number of aromatic nitrogens is 2. The molecule has 1 heterocycles. The Balaban J connectivity index is 1.45. The average Bonchev–Trinajstić information content (AvgIpc) is 3.28. The fraction of sp³-hybridized carbons (Fsp3) is 0. The number of rotatable bonds is 5. The zero-order valence-corrected chi connectivity index (χ0v) is 18.2. The van der Waals surface area contributed by atoms with Crippen molar-refractivity contribution in [3.8, 4) is 16.9 Å². The molecule has 0 aliphatic rings. The summed E-state index contributed by atoms with van der Waals surface area (Å²) in [7, 11) is 0. The SMILES string of the molecule is O=C(/C=C/c1cn(-c2ccccc2)nc1-c1ccccc1)NNC(=O)Nc1ccc(Cl)cc1. The first-order valence-electron chi connectivity index (χ1n) is 10.1. The molecule has 1 aromatic heterocycles. The summed E-state index contributed by atoms with van der Waals surface area (Å²) in [6, 6.07) is 25.4. The van der Waals surface area contributed by atoms with Crippen LogP contribution >= 0.6 is 11.6 Å². The summed E-state index contributed by atoms with van der Waals surface area (Å²) in [5.74, 6) is -0.493. The zero-order chi connectivity index (χ0) is 23.0. The van der Waals surface area contributed by atoms with Gasteiger partial charge in [0.2, 0.25) is 0 Å². The van der Waals surface area contributed by atoms with Gasteiger partial charge in [0.25, 0.3) is 5.91 Å². The van der Waals surface area contributed by atoms with Crippen LogP contribution in [0.25, 0.3) is 23.0 Å². The van der Waals surface area contributed by atoms with E-state index < -0.39 is 11.9 Å². The summed E-state index contributed by atoms with van der Waals surface area (Å²) < 4.78 is 1.76. The summed E-state index contributed by atoms with van der Waals surface area (Å²) in [6.07, 6.45) is 4.84. The van der Waals surface area contributed by atoms with E-state index in [1.54, 1.807) is 35.0 Å². The second kappa shape index (κ2) is 10.3. The molecule has 0 aliphatic heterocycles. The number of hydrogen-bond acceptors (Lipinski definition) is 3. The predicted octanol–water partition coefficient (Wildman–Crippen LogP) is 5.06. The number of carbonyl (C=O) groups excluding carboxylic acids is 2. The molecular weight excluding hydrogens is 438 g/mol. The molecule has 0 saturated heterocycles. The Morgan fingerprint density at radius 1 is 0.848 bits per heavy atom. The highest BCUT2D eigenvalue weighted by Crippen LogP contribution is 2.24. The highest BCUT2D eigenvalue weighted by Gasteiger charge is 2.11. The average molecular weight is 458 g/mol. The van der Waals surface area contributed by atoms with Gasteiger partial charge in [-0.25, -0.2) is 14.9 Å². The lowest BCUT2D eigenvalue weighted by atomic mass is 10.1. The molecule has 0 radical (unpaired) electrons. The fourth-order valence-corrected chi connectivity index (χ4v) is 3.19. The summed E-state index contributed by atoms with van der Waals surface area (Å²) >= 11 is 5.82. The second-order valence-corrected chi connectivity index (χ2v) is 7.42. The quantitative estimate of drug-likeness (QED) is 0.289. The van der Waals surface area contributed by atoms with E-state index in [9.17, 15) is 9.59 Å². The summed E-state index contributed by atoms with van der Waals surface area (Å²) in [5, 5.41) is 7.85. The Hall–Kier alpha value is -4.36. The normalized spacial score (nSPS) is 10.7. The third-order valence-electron chi connectivity index (χ3n) is 4.63. The third-order valence-corrected chi connectivity index (χ3v) is 4.88. The van der Waals surface area contributed by atoms with Crippen molar-refractivity contribution in [2.75, 3.05) is 5.32 Å². The molecule has 0 bridgehead atoms. The Labute approximate surface area is 195 Å². The maximum Gasteiger partial charge on any atom is 0.337 e. The molecule has 3 N–H and O–H groups in total. The van der Waals surface area contributed by atoms with E-state index in [4.69, 9.17) is 16.7 Å². The van der Waals surface area contributed by atoms with Crippen molar-refractivity contribution in [3.05, 3.63) is 108 Å². The van der Waals surface area contributed by atoms with Crippen molar-refractivity contribution in [2.45, 2.75) is 0 Å². The molecule has 4 aromatic rings. The lowest BCUT2D eigenvalue weighted by Crippen LogP contribution is -2.43. The van der Waals surface area contributed by atoms with Crippen molar-refractivity contribution < 1.29 is 9.59 Å². The van der Waals surface area contributed by atoms with Crippen molar-refractivity contribution >= 4 is 35.3 Å². The van der Waals surface area contributed by atoms with E-state index in [0.29, 0.717) is 10.7 Å². The number of hydrazine groups is 1. The molecule has 33 heavy (non-hydrogen) atoms. The zero-order valence-electron chi connectivity index (χ0n) is 17.4. The minimum absolute atomic E-state index is 0.493. The van der Waals surface area contributed by atoms with Gasteiger partial charge in [0.1, 0.15) is 0 Å². The van der Waals surface area contributed by atoms with E-state index in [0.717, 1.165) is 22.5 Å². The van der Waals surface area contributed by atoms with Gasteiger partial charge in [-0.3, -0.25) is 10.2 Å². The minimum Gasteiger partial charge on any atom is -0.307 e. The number of hydrogen-bond donors (Lipinski definition) is 3. The van der Waals surface area contributed by atoms with Crippen molar-refractivity contribution in [2.24, 2.45) is 0 Å². The van der Waals surface area contributed by atoms with Gasteiger partial charge in [-0.15, -0.1) is 0 Å². The molecule has 8 heteroatoms. The smallest absolute Gasteiger partial charge is 0.307 e. The number of benzene rings is 3. The summed E-state index contributed by atoms with van der Waals surface area (Å²) in [6.45, 7) is 0. The number of nitrogens with one attached hydrogen (secondary N) is 3. The Morgan fingerprint density at radius 3 is 2.21 bits per heavy atom. The highest BCUT2D eigenvalue weighted by atomic mass is 35.5. The first-order chi connectivity index (χ1) is 16.1. The van der Waals surface area contributed by atoms with Gasteiger partial charge in [-0.1, -0.05) is 60.1 Å². The number of anilines is 1. The standard InChI is InChI=1S/C25H20ClN5O2/c26-20-12-14-21(15-13-20)27-25(33)29-28-23(32)16-11-19-17-31(22-9-5-2-6-10-22)30-24(19)18-7-3-1-4-8-18/h1-17H,(H,28,32)(H2,27,29,33)/b16-11+. The van der Waals surface area contributed by atoms with E-state index in [1.807, 2.05) is 66.9 Å². The number of para-hydroxylation sites is 1. The highest BCUT2D eigenvalue weighted by molar-refractivity contribution is 6.30. The maximum atomic E-state index is 12.3. The van der Waals surface area contributed by atoms with Crippen LogP contribution in [0.4, 0.5) is 10.5 Å². The van der Waals surface area contributed by atoms with Crippen LogP contribution in [0, 0.1) is 0 Å². The molecule has 3 amide bonds. The van der Waals surface area contributed by atoms with Crippen molar-refractivity contribution in [3.63, 3.8) is 0 Å². The first-order valence-corrected chi connectivity index (χ1v) is 10.5. The van der Waals surface area contributed by atoms with Gasteiger partial charge in [0.15, 0.2) is 0 Å². The predicted molar refractivity (Wildman–Crippen MR) is 130 cm³/mol. The fourth-order valence-electron chi connectivity index (χ4n) is 3.06. The van der Waals surface area contributed by atoms with E-state index in [1.165, 1.54) is 6.08 Å². The Morgan fingerprint density at radius 2 is 1.52 bits per heavy atom. The molecule has 3 aromatic carbocycles. The van der Waals surface area contributed by atoms with Gasteiger partial charge >= 0.3 is 6.03 Å². The van der Waals surface area contributed by atoms with Crippen LogP contribution in [-0.2, 0) is 4.79 Å². The van der Waals surface area contributed by atoms with Crippen LogP contribution in [0.1, 0.15) is 5.56 Å². The van der Waals surface area contributed by atoms with Gasteiger partial charge in [-0.05, 0) is 42.5 Å². The number of halogens is 1. The van der Waals surface area contributed by atoms with E-state index in [-0.39, 0.29) is 0 Å². The number of amides is 3. The molecule has 0 unspecified atom stereocenters.